The van der Waals surface area contributed by atoms with E-state index in [1.165, 1.54) is 19.3 Å². The SMILES string of the molecule is COc1cccc2c(NC(C)CCCC(C)C)nccc12. The van der Waals surface area contributed by atoms with Crippen LogP contribution in [-0.4, -0.2) is 18.1 Å². The van der Waals surface area contributed by atoms with Gasteiger partial charge in [-0.2, -0.15) is 0 Å². The zero-order valence-electron chi connectivity index (χ0n) is 13.5. The van der Waals surface area contributed by atoms with Gasteiger partial charge in [0.2, 0.25) is 0 Å². The third kappa shape index (κ3) is 4.10. The van der Waals surface area contributed by atoms with Gasteiger partial charge in [0, 0.05) is 23.0 Å². The number of pyridine rings is 1. The number of nitrogens with one attached hydrogen (secondary N) is 1. The Morgan fingerprint density at radius 2 is 1.90 bits per heavy atom. The standard InChI is InChI=1S/C18H26N2O/c1-13(2)7-5-8-14(3)20-18-16-9-6-10-17(21-4)15(16)11-12-19-18/h6,9-14H,5,7-8H2,1-4H3,(H,19,20). The lowest BCUT2D eigenvalue weighted by Crippen LogP contribution is -2.16. The van der Waals surface area contributed by atoms with Gasteiger partial charge in [-0.3, -0.25) is 0 Å². The molecule has 1 aromatic heterocycles. The predicted octanol–water partition coefficient (Wildman–Crippen LogP) is 4.87. The molecular formula is C18H26N2O. The van der Waals surface area contributed by atoms with Crippen molar-refractivity contribution >= 4 is 16.6 Å². The molecule has 1 heterocycles. The maximum absolute atomic E-state index is 5.42. The molecule has 1 N–H and O–H groups in total. The number of anilines is 1. The van der Waals surface area contributed by atoms with Crippen LogP contribution in [0.3, 0.4) is 0 Å². The first-order chi connectivity index (χ1) is 10.1. The molecule has 114 valence electrons. The van der Waals surface area contributed by atoms with E-state index in [9.17, 15) is 0 Å². The first kappa shape index (κ1) is 15.6. The first-order valence-electron chi connectivity index (χ1n) is 7.80. The Morgan fingerprint density at radius 3 is 2.62 bits per heavy atom. The molecule has 3 heteroatoms. The minimum atomic E-state index is 0.424. The van der Waals surface area contributed by atoms with Crippen molar-refractivity contribution in [2.24, 2.45) is 5.92 Å². The molecule has 2 rings (SSSR count). The number of methoxy groups -OCH3 is 1. The van der Waals surface area contributed by atoms with Crippen LogP contribution in [0.5, 0.6) is 5.75 Å². The van der Waals surface area contributed by atoms with E-state index in [2.05, 4.69) is 37.1 Å². The van der Waals surface area contributed by atoms with Gasteiger partial charge in [-0.05, 0) is 31.4 Å². The maximum Gasteiger partial charge on any atom is 0.134 e. The zero-order chi connectivity index (χ0) is 15.2. The average Bonchev–Trinajstić information content (AvgIpc) is 2.46. The molecule has 3 nitrogen and oxygen atoms in total. The summed E-state index contributed by atoms with van der Waals surface area (Å²) >= 11 is 0. The van der Waals surface area contributed by atoms with Crippen LogP contribution >= 0.6 is 0 Å². The molecular weight excluding hydrogens is 260 g/mol. The molecule has 1 aromatic carbocycles. The summed E-state index contributed by atoms with van der Waals surface area (Å²) in [6.07, 6.45) is 5.54. The second-order valence-corrected chi connectivity index (χ2v) is 6.09. The van der Waals surface area contributed by atoms with E-state index in [1.54, 1.807) is 7.11 Å². The minimum absolute atomic E-state index is 0.424. The highest BCUT2D eigenvalue weighted by Crippen LogP contribution is 2.29. The van der Waals surface area contributed by atoms with E-state index >= 15 is 0 Å². The summed E-state index contributed by atoms with van der Waals surface area (Å²) in [7, 11) is 1.71. The van der Waals surface area contributed by atoms with Crippen molar-refractivity contribution in [3.05, 3.63) is 30.5 Å². The van der Waals surface area contributed by atoms with E-state index in [4.69, 9.17) is 4.74 Å². The van der Waals surface area contributed by atoms with Gasteiger partial charge >= 0.3 is 0 Å². The molecule has 21 heavy (non-hydrogen) atoms. The minimum Gasteiger partial charge on any atom is -0.496 e. The van der Waals surface area contributed by atoms with Crippen molar-refractivity contribution in [2.75, 3.05) is 12.4 Å². The first-order valence-corrected chi connectivity index (χ1v) is 7.80. The van der Waals surface area contributed by atoms with Gasteiger partial charge in [0.25, 0.3) is 0 Å². The predicted molar refractivity (Wildman–Crippen MR) is 90.1 cm³/mol. The number of hydrogen-bond donors (Lipinski definition) is 1. The van der Waals surface area contributed by atoms with E-state index in [0.29, 0.717) is 6.04 Å². The molecule has 0 amide bonds. The van der Waals surface area contributed by atoms with Gasteiger partial charge in [-0.1, -0.05) is 38.8 Å². The smallest absolute Gasteiger partial charge is 0.134 e. The molecule has 0 radical (unpaired) electrons. The number of benzene rings is 1. The molecule has 0 saturated heterocycles. The summed E-state index contributed by atoms with van der Waals surface area (Å²) in [5, 5.41) is 5.76. The van der Waals surface area contributed by atoms with Gasteiger partial charge in [0.1, 0.15) is 11.6 Å². The number of hydrogen-bond acceptors (Lipinski definition) is 3. The van der Waals surface area contributed by atoms with E-state index in [1.807, 2.05) is 24.4 Å². The number of aromatic nitrogens is 1. The van der Waals surface area contributed by atoms with Crippen molar-refractivity contribution in [1.29, 1.82) is 0 Å². The monoisotopic (exact) mass is 286 g/mol. The molecule has 0 spiro atoms. The summed E-state index contributed by atoms with van der Waals surface area (Å²) in [5.74, 6) is 2.62. The number of fused-ring (bicyclic) bond motifs is 1. The van der Waals surface area contributed by atoms with Crippen LogP contribution in [0.15, 0.2) is 30.5 Å². The normalized spacial score (nSPS) is 12.6. The van der Waals surface area contributed by atoms with Crippen LogP contribution in [0.2, 0.25) is 0 Å². The van der Waals surface area contributed by atoms with Crippen LogP contribution in [0.4, 0.5) is 5.82 Å². The average molecular weight is 286 g/mol. The van der Waals surface area contributed by atoms with Crippen LogP contribution < -0.4 is 10.1 Å². The largest absolute Gasteiger partial charge is 0.496 e. The Hall–Kier alpha value is -1.77. The lowest BCUT2D eigenvalue weighted by atomic mass is 10.0. The molecule has 0 aliphatic carbocycles. The highest BCUT2D eigenvalue weighted by Gasteiger charge is 2.09. The second kappa shape index (κ2) is 7.30. The van der Waals surface area contributed by atoms with Crippen molar-refractivity contribution < 1.29 is 4.74 Å². The van der Waals surface area contributed by atoms with E-state index < -0.39 is 0 Å². The second-order valence-electron chi connectivity index (χ2n) is 6.09. The highest BCUT2D eigenvalue weighted by molar-refractivity contribution is 5.95. The summed E-state index contributed by atoms with van der Waals surface area (Å²) in [4.78, 5) is 4.50. The zero-order valence-corrected chi connectivity index (χ0v) is 13.5. The van der Waals surface area contributed by atoms with Crippen LogP contribution in [0, 0.1) is 5.92 Å². The Balaban J connectivity index is 2.11. The Morgan fingerprint density at radius 1 is 1.10 bits per heavy atom. The summed E-state index contributed by atoms with van der Waals surface area (Å²) in [6, 6.07) is 8.51. The van der Waals surface area contributed by atoms with E-state index in [0.717, 1.165) is 28.3 Å². The van der Waals surface area contributed by atoms with Gasteiger partial charge < -0.3 is 10.1 Å². The van der Waals surface area contributed by atoms with E-state index in [-0.39, 0.29) is 0 Å². The molecule has 1 unspecified atom stereocenters. The Kier molecular flexibility index (Phi) is 5.43. The Labute approximate surface area is 127 Å². The van der Waals surface area contributed by atoms with Gasteiger partial charge in [0.15, 0.2) is 0 Å². The Bertz CT molecular complexity index is 580. The molecule has 2 aromatic rings. The fourth-order valence-electron chi connectivity index (χ4n) is 2.61. The molecule has 0 bridgehead atoms. The number of nitrogens with zero attached hydrogens (tertiary/aromatic N) is 1. The third-order valence-electron chi connectivity index (χ3n) is 3.79. The van der Waals surface area contributed by atoms with Crippen LogP contribution in [0.25, 0.3) is 10.8 Å². The van der Waals surface area contributed by atoms with Gasteiger partial charge in [-0.25, -0.2) is 4.98 Å². The van der Waals surface area contributed by atoms with Crippen molar-refractivity contribution in [3.63, 3.8) is 0 Å². The van der Waals surface area contributed by atoms with Crippen LogP contribution in [0.1, 0.15) is 40.0 Å². The van der Waals surface area contributed by atoms with Gasteiger partial charge in [-0.15, -0.1) is 0 Å². The van der Waals surface area contributed by atoms with Gasteiger partial charge in [0.05, 0.1) is 7.11 Å². The van der Waals surface area contributed by atoms with Crippen molar-refractivity contribution in [3.8, 4) is 5.75 Å². The topological polar surface area (TPSA) is 34.1 Å². The third-order valence-corrected chi connectivity index (χ3v) is 3.79. The quantitative estimate of drug-likeness (QED) is 0.788. The lowest BCUT2D eigenvalue weighted by molar-refractivity contribution is 0.420. The van der Waals surface area contributed by atoms with Crippen molar-refractivity contribution in [2.45, 2.75) is 46.1 Å². The summed E-state index contributed by atoms with van der Waals surface area (Å²) in [5.41, 5.74) is 0. The molecule has 0 aliphatic rings. The molecule has 1 atom stereocenters. The molecule has 0 aliphatic heterocycles. The molecule has 0 fully saturated rings. The number of ether oxygens (including phenoxy) is 1. The van der Waals surface area contributed by atoms with Crippen LogP contribution in [-0.2, 0) is 0 Å². The summed E-state index contributed by atoms with van der Waals surface area (Å²) in [6.45, 7) is 6.77. The number of rotatable bonds is 7. The fraction of sp³-hybridized carbons (Fsp3) is 0.500. The molecule has 0 saturated carbocycles. The summed E-state index contributed by atoms with van der Waals surface area (Å²) < 4.78 is 5.42. The highest BCUT2D eigenvalue weighted by atomic mass is 16.5. The fourth-order valence-corrected chi connectivity index (χ4v) is 2.61. The maximum atomic E-state index is 5.42. The lowest BCUT2D eigenvalue weighted by Gasteiger charge is -2.17. The van der Waals surface area contributed by atoms with Crippen molar-refractivity contribution in [1.82, 2.24) is 4.98 Å².